The number of rotatable bonds is 40. The summed E-state index contributed by atoms with van der Waals surface area (Å²) in [6, 6.07) is 0. The van der Waals surface area contributed by atoms with Gasteiger partial charge >= 0.3 is 30.4 Å². The number of nitrogens with zero attached hydrogens (tertiary/aromatic N) is 1. The van der Waals surface area contributed by atoms with Crippen molar-refractivity contribution in [1.82, 2.24) is 4.90 Å². The third kappa shape index (κ3) is 21.6. The van der Waals surface area contributed by atoms with Crippen LogP contribution in [0.2, 0.25) is 0 Å². The molecule has 8 rings (SSSR count). The van der Waals surface area contributed by atoms with Crippen molar-refractivity contribution in [3.05, 3.63) is 23.3 Å². The normalized spacial score (nSPS) is 31.5. The Morgan fingerprint density at radius 3 is 1.29 bits per heavy atom. The highest BCUT2D eigenvalue weighted by atomic mass is 16.7. The highest BCUT2D eigenvalue weighted by Gasteiger charge is 2.61. The number of ether oxygens (including phenoxy) is 8. The quantitative estimate of drug-likeness (QED) is 0.0246. The van der Waals surface area contributed by atoms with E-state index in [1.54, 1.807) is 0 Å². The highest BCUT2D eigenvalue weighted by molar-refractivity contribution is 5.70. The van der Waals surface area contributed by atoms with Crippen molar-refractivity contribution in [3.63, 3.8) is 0 Å². The number of carbonyl (C=O) groups is 5. The van der Waals surface area contributed by atoms with E-state index in [2.05, 4.69) is 100 Å². The van der Waals surface area contributed by atoms with Crippen molar-refractivity contribution in [3.8, 4) is 0 Å². The van der Waals surface area contributed by atoms with Crippen LogP contribution in [-0.4, -0.2) is 107 Å². The molecule has 0 bridgehead atoms. The van der Waals surface area contributed by atoms with Crippen LogP contribution in [0.25, 0.3) is 0 Å². The molecule has 0 aromatic carbocycles. The van der Waals surface area contributed by atoms with Crippen LogP contribution in [0.15, 0.2) is 23.3 Å². The molecular weight excluding hydrogens is 1230 g/mol. The molecule has 0 unspecified atom stereocenters. The lowest BCUT2D eigenvalue weighted by Gasteiger charge is -2.58. The molecule has 560 valence electrons. The van der Waals surface area contributed by atoms with E-state index >= 15 is 0 Å². The fraction of sp³-hybridized carbons (Fsp3) is 0.893. The second-order valence-corrected chi connectivity index (χ2v) is 34.8. The molecule has 0 aromatic rings. The minimum Gasteiger partial charge on any atom is -0.465 e. The lowest BCUT2D eigenvalue weighted by molar-refractivity contribution is -0.150. The Morgan fingerprint density at radius 2 is 0.847 bits per heavy atom. The van der Waals surface area contributed by atoms with E-state index in [0.717, 1.165) is 181 Å². The van der Waals surface area contributed by atoms with Crippen LogP contribution in [0.3, 0.4) is 0 Å². The molecular formula is C84H141NO13. The van der Waals surface area contributed by atoms with Crippen molar-refractivity contribution < 1.29 is 61.9 Å². The van der Waals surface area contributed by atoms with Crippen LogP contribution < -0.4 is 0 Å². The summed E-state index contributed by atoms with van der Waals surface area (Å²) in [5.41, 5.74) is 4.38. The van der Waals surface area contributed by atoms with Gasteiger partial charge in [0.1, 0.15) is 32.0 Å². The average Bonchev–Trinajstić information content (AvgIpc) is 1.39. The monoisotopic (exact) mass is 1370 g/mol. The van der Waals surface area contributed by atoms with Crippen molar-refractivity contribution in [1.29, 1.82) is 0 Å². The standard InChI is InChI=1S/C84H141NO13/c1-13-85(14-2)50-27-53-91-78(88)96-58-63(56-94-76(86)32-21-17-15-19-23-51-92-79(89)97-66-42-46-81(9)64(54-66)34-36-68-72-40-38-70(61(7)30-25-28-59(3)4)83(72,11)48-44-74(68)81)57-95-77(87)33-22-18-16-20-24-52-93-80(90)98-67-43-47-82(10)65(55-67)35-37-69-73-41-39-71(62(8)31-26-29-60(5)6)84(73,12)49-45-75(69)82/h34-35,59-63,66-75H,13-33,36-58H2,1-12H3/t61-,62-,66+,67+,68+,69+,70-,71-,72+,73+,74+,75+,81+,82+,83-,84-/m1/s1. The summed E-state index contributed by atoms with van der Waals surface area (Å²) >= 11 is 0. The van der Waals surface area contributed by atoms with Gasteiger partial charge in [0.15, 0.2) is 0 Å². The first kappa shape index (κ1) is 79.9. The molecule has 98 heavy (non-hydrogen) atoms. The van der Waals surface area contributed by atoms with Crippen LogP contribution >= 0.6 is 0 Å². The Balaban J connectivity index is 0.655. The number of fused-ring (bicyclic) bond motifs is 10. The molecule has 0 aromatic heterocycles. The van der Waals surface area contributed by atoms with E-state index < -0.39 is 24.4 Å². The number of unbranched alkanes of at least 4 members (excludes halogenated alkanes) is 8. The molecule has 0 aliphatic heterocycles. The molecule has 0 heterocycles. The number of carbonyl (C=O) groups excluding carboxylic acids is 5. The second kappa shape index (κ2) is 38.6. The maximum absolute atomic E-state index is 12.9. The van der Waals surface area contributed by atoms with E-state index in [0.29, 0.717) is 43.3 Å². The van der Waals surface area contributed by atoms with Gasteiger partial charge in [0, 0.05) is 32.2 Å². The van der Waals surface area contributed by atoms with Gasteiger partial charge < -0.3 is 42.8 Å². The summed E-state index contributed by atoms with van der Waals surface area (Å²) in [6.07, 6.45) is 39.0. The van der Waals surface area contributed by atoms with E-state index in [4.69, 9.17) is 37.9 Å². The molecule has 0 radical (unpaired) electrons. The first-order valence-corrected chi connectivity index (χ1v) is 40.9. The van der Waals surface area contributed by atoms with Gasteiger partial charge in [-0.05, 0) is 228 Å². The number of hydrogen-bond acceptors (Lipinski definition) is 14. The Morgan fingerprint density at radius 1 is 0.439 bits per heavy atom. The maximum Gasteiger partial charge on any atom is 0.508 e. The first-order valence-electron chi connectivity index (χ1n) is 40.9. The summed E-state index contributed by atoms with van der Waals surface area (Å²) in [6.45, 7) is 32.3. The lowest BCUT2D eigenvalue weighted by atomic mass is 9.47. The summed E-state index contributed by atoms with van der Waals surface area (Å²) in [4.78, 5) is 66.5. The zero-order valence-electron chi connectivity index (χ0n) is 64.2. The van der Waals surface area contributed by atoms with Gasteiger partial charge in [0.25, 0.3) is 0 Å². The van der Waals surface area contributed by atoms with E-state index in [1.165, 1.54) is 114 Å². The number of allylic oxidation sites excluding steroid dienone is 2. The smallest absolute Gasteiger partial charge is 0.465 e. The van der Waals surface area contributed by atoms with Gasteiger partial charge in [-0.1, -0.05) is 183 Å². The largest absolute Gasteiger partial charge is 0.508 e. The third-order valence-corrected chi connectivity index (χ3v) is 27.7. The van der Waals surface area contributed by atoms with Crippen LogP contribution in [-0.2, 0) is 47.5 Å². The fourth-order valence-corrected chi connectivity index (χ4v) is 21.9. The molecule has 14 nitrogen and oxygen atoms in total. The first-order chi connectivity index (χ1) is 47.0. The zero-order chi connectivity index (χ0) is 70.5. The molecule has 6 saturated carbocycles. The molecule has 16 atom stereocenters. The Kier molecular flexibility index (Phi) is 31.5. The highest BCUT2D eigenvalue weighted by Crippen LogP contribution is 2.69. The van der Waals surface area contributed by atoms with E-state index in [9.17, 15) is 24.0 Å². The van der Waals surface area contributed by atoms with Crippen molar-refractivity contribution in [2.45, 2.75) is 320 Å². The summed E-state index contributed by atoms with van der Waals surface area (Å²) in [7, 11) is 0. The van der Waals surface area contributed by atoms with Crippen LogP contribution in [0.4, 0.5) is 14.4 Å². The van der Waals surface area contributed by atoms with Crippen molar-refractivity contribution >= 4 is 30.4 Å². The molecule has 0 N–H and O–H groups in total. The van der Waals surface area contributed by atoms with Crippen molar-refractivity contribution in [2.75, 3.05) is 59.3 Å². The SMILES string of the molecule is CCN(CC)CCCOC(=O)OCC(COC(=O)CCCCCCCOC(=O)O[C@H]1CC[C@@]2(C)C(=CC[C@H]3[C@@H]4CC[C@H]([C@H](C)CCCC(C)C)[C@@]4(C)CC[C@@H]32)C1)COC(=O)CCCCCCCOC(=O)O[C@H]1CC[C@@]2(C)C(=CC[C@H]3[C@@H]4CC[C@H]([C@H](C)CCCC(C)C)[C@@]4(C)CC[C@@H]32)C1. The van der Waals surface area contributed by atoms with Gasteiger partial charge in [0.05, 0.1) is 25.7 Å². The van der Waals surface area contributed by atoms with Gasteiger partial charge in [-0.15, -0.1) is 0 Å². The summed E-state index contributed by atoms with van der Waals surface area (Å²) in [5, 5.41) is 0. The third-order valence-electron chi connectivity index (χ3n) is 27.7. The molecule has 14 heteroatoms. The van der Waals surface area contributed by atoms with Crippen LogP contribution in [0, 0.1) is 98.6 Å². The predicted octanol–water partition coefficient (Wildman–Crippen LogP) is 21.4. The maximum atomic E-state index is 12.9. The van der Waals surface area contributed by atoms with E-state index in [-0.39, 0.29) is 74.2 Å². The Hall–Kier alpha value is -3.81. The Labute approximate surface area is 595 Å². The van der Waals surface area contributed by atoms with Gasteiger partial charge in [-0.25, -0.2) is 14.4 Å². The molecule has 0 spiro atoms. The van der Waals surface area contributed by atoms with Gasteiger partial charge in [0.2, 0.25) is 0 Å². The predicted molar refractivity (Wildman–Crippen MR) is 389 cm³/mol. The number of esters is 2. The van der Waals surface area contributed by atoms with Crippen molar-refractivity contribution in [2.24, 2.45) is 98.6 Å². The van der Waals surface area contributed by atoms with Crippen LogP contribution in [0.1, 0.15) is 308 Å². The second-order valence-electron chi connectivity index (χ2n) is 34.8. The topological polar surface area (TPSA) is 162 Å². The zero-order valence-corrected chi connectivity index (χ0v) is 64.2. The molecule has 8 aliphatic rings. The van der Waals surface area contributed by atoms with E-state index in [1.807, 2.05) is 0 Å². The van der Waals surface area contributed by atoms with Gasteiger partial charge in [-0.3, -0.25) is 9.59 Å². The van der Waals surface area contributed by atoms with Crippen LogP contribution in [0.5, 0.6) is 0 Å². The molecule has 0 amide bonds. The molecule has 0 saturated heterocycles. The fourth-order valence-electron chi connectivity index (χ4n) is 21.9. The molecule has 8 aliphatic carbocycles. The minimum atomic E-state index is -0.808. The minimum absolute atomic E-state index is 0.0698. The summed E-state index contributed by atoms with van der Waals surface area (Å²) in [5.74, 6) is 8.29. The average molecular weight is 1370 g/mol. The lowest BCUT2D eigenvalue weighted by Crippen LogP contribution is -2.51. The Bertz CT molecular complexity index is 2390. The molecule has 6 fully saturated rings. The van der Waals surface area contributed by atoms with Gasteiger partial charge in [-0.2, -0.15) is 0 Å². The summed E-state index contributed by atoms with van der Waals surface area (Å²) < 4.78 is 45.1. The number of hydrogen-bond donors (Lipinski definition) is 0.